The Morgan fingerprint density at radius 3 is 2.50 bits per heavy atom. The van der Waals surface area contributed by atoms with Crippen LogP contribution < -0.4 is 5.73 Å². The lowest BCUT2D eigenvalue weighted by Crippen LogP contribution is -1.91. The normalized spacial score (nSPS) is 10.3. The number of fused-ring (bicyclic) bond motifs is 1. The maximum absolute atomic E-state index is 9.21. The highest BCUT2D eigenvalue weighted by Gasteiger charge is 2.07. The van der Waals surface area contributed by atoms with E-state index in [0.29, 0.717) is 11.3 Å². The number of benzene rings is 3. The van der Waals surface area contributed by atoms with Gasteiger partial charge in [-0.15, -0.1) is 0 Å². The Bertz CT molecular complexity index is 819. The minimum atomic E-state index is 0.526. The number of nitrogen functional groups attached to an aromatic ring is 1. The maximum atomic E-state index is 9.21. The van der Waals surface area contributed by atoms with Crippen molar-refractivity contribution in [2.75, 3.05) is 5.73 Å². The Labute approximate surface area is 121 Å². The van der Waals surface area contributed by atoms with Gasteiger partial charge in [0.2, 0.25) is 0 Å². The lowest BCUT2D eigenvalue weighted by molar-refractivity contribution is 1.36. The molecule has 0 amide bonds. The summed E-state index contributed by atoms with van der Waals surface area (Å²) in [4.78, 5) is 1.99. The third kappa shape index (κ3) is 2.34. The third-order valence-electron chi connectivity index (χ3n) is 3.12. The Hall–Kier alpha value is -2.44. The molecule has 0 saturated heterocycles. The Morgan fingerprint density at radius 2 is 1.70 bits per heavy atom. The first-order valence-electron chi connectivity index (χ1n) is 6.23. The summed E-state index contributed by atoms with van der Waals surface area (Å²) < 4.78 is 0. The van der Waals surface area contributed by atoms with E-state index in [2.05, 4.69) is 36.4 Å². The first kappa shape index (κ1) is 12.6. The summed E-state index contributed by atoms with van der Waals surface area (Å²) in [6.45, 7) is 0. The molecule has 0 aliphatic carbocycles. The van der Waals surface area contributed by atoms with Crippen molar-refractivity contribution in [3.8, 4) is 6.07 Å². The first-order valence-corrected chi connectivity index (χ1v) is 7.05. The van der Waals surface area contributed by atoms with E-state index in [4.69, 9.17) is 5.73 Å². The predicted molar refractivity (Wildman–Crippen MR) is 83.6 cm³/mol. The van der Waals surface area contributed by atoms with Gasteiger partial charge in [-0.25, -0.2) is 0 Å². The van der Waals surface area contributed by atoms with E-state index in [-0.39, 0.29) is 0 Å². The van der Waals surface area contributed by atoms with E-state index in [9.17, 15) is 5.26 Å². The van der Waals surface area contributed by atoms with Crippen LogP contribution in [0.4, 0.5) is 5.69 Å². The molecule has 96 valence electrons. The molecule has 3 aromatic carbocycles. The molecule has 0 unspecified atom stereocenters. The van der Waals surface area contributed by atoms with Crippen molar-refractivity contribution in [1.82, 2.24) is 0 Å². The van der Waals surface area contributed by atoms with Gasteiger partial charge in [0, 0.05) is 9.79 Å². The minimum Gasteiger partial charge on any atom is -0.398 e. The Balaban J connectivity index is 2.02. The molecule has 2 N–H and O–H groups in total. The lowest BCUT2D eigenvalue weighted by atomic mass is 10.1. The quantitative estimate of drug-likeness (QED) is 0.704. The van der Waals surface area contributed by atoms with Gasteiger partial charge in [0.15, 0.2) is 0 Å². The monoisotopic (exact) mass is 276 g/mol. The minimum absolute atomic E-state index is 0.526. The highest BCUT2D eigenvalue weighted by Crippen LogP contribution is 2.33. The van der Waals surface area contributed by atoms with Crippen LogP contribution in [-0.4, -0.2) is 0 Å². The van der Waals surface area contributed by atoms with E-state index in [0.717, 1.165) is 9.79 Å². The van der Waals surface area contributed by atoms with Crippen molar-refractivity contribution in [3.05, 3.63) is 66.2 Å². The Kier molecular flexibility index (Phi) is 3.32. The van der Waals surface area contributed by atoms with Gasteiger partial charge in [0.25, 0.3) is 0 Å². The molecule has 0 heterocycles. The van der Waals surface area contributed by atoms with Gasteiger partial charge in [-0.2, -0.15) is 5.26 Å². The van der Waals surface area contributed by atoms with Gasteiger partial charge in [-0.3, -0.25) is 0 Å². The zero-order valence-corrected chi connectivity index (χ0v) is 11.5. The smallest absolute Gasteiger partial charge is 0.102 e. The summed E-state index contributed by atoms with van der Waals surface area (Å²) in [5.41, 5.74) is 6.91. The second-order valence-electron chi connectivity index (χ2n) is 4.44. The van der Waals surface area contributed by atoms with E-state index in [1.54, 1.807) is 17.8 Å². The number of nitrogens with two attached hydrogens (primary N) is 1. The average molecular weight is 276 g/mol. The fourth-order valence-corrected chi connectivity index (χ4v) is 3.10. The molecule has 0 atom stereocenters. The number of anilines is 1. The van der Waals surface area contributed by atoms with Gasteiger partial charge < -0.3 is 5.73 Å². The number of nitrogens with zero attached hydrogens (tertiary/aromatic N) is 1. The third-order valence-corrected chi connectivity index (χ3v) is 4.17. The molecule has 3 aromatic rings. The van der Waals surface area contributed by atoms with Crippen LogP contribution in [0.2, 0.25) is 0 Å². The molecule has 0 aromatic heterocycles. The SMILES string of the molecule is N#Cc1c(N)cccc1Sc1ccc2ccccc2c1. The summed E-state index contributed by atoms with van der Waals surface area (Å²) in [5, 5.41) is 11.6. The predicted octanol–water partition coefficient (Wildman–Crippen LogP) is 4.44. The first-order chi connectivity index (χ1) is 9.78. The van der Waals surface area contributed by atoms with Crippen LogP contribution in [0.5, 0.6) is 0 Å². The van der Waals surface area contributed by atoms with Gasteiger partial charge in [-0.1, -0.05) is 48.2 Å². The fraction of sp³-hybridized carbons (Fsp3) is 0. The summed E-state index contributed by atoms with van der Waals surface area (Å²) in [5.74, 6) is 0. The highest BCUT2D eigenvalue weighted by atomic mass is 32.2. The highest BCUT2D eigenvalue weighted by molar-refractivity contribution is 7.99. The summed E-state index contributed by atoms with van der Waals surface area (Å²) in [6, 6.07) is 22.2. The maximum Gasteiger partial charge on any atom is 0.102 e. The van der Waals surface area contributed by atoms with Gasteiger partial charge in [-0.05, 0) is 35.0 Å². The molecule has 20 heavy (non-hydrogen) atoms. The van der Waals surface area contributed by atoms with Crippen molar-refractivity contribution in [1.29, 1.82) is 5.26 Å². The second-order valence-corrected chi connectivity index (χ2v) is 5.56. The van der Waals surface area contributed by atoms with Crippen molar-refractivity contribution < 1.29 is 0 Å². The van der Waals surface area contributed by atoms with Crippen LogP contribution in [0.1, 0.15) is 5.56 Å². The van der Waals surface area contributed by atoms with Crippen molar-refractivity contribution in [2.24, 2.45) is 0 Å². The van der Waals surface area contributed by atoms with Crippen LogP contribution in [0.3, 0.4) is 0 Å². The van der Waals surface area contributed by atoms with Crippen LogP contribution >= 0.6 is 11.8 Å². The second kappa shape index (κ2) is 5.28. The van der Waals surface area contributed by atoms with Crippen molar-refractivity contribution in [3.63, 3.8) is 0 Å². The van der Waals surface area contributed by atoms with Crippen LogP contribution in [0.25, 0.3) is 10.8 Å². The molecular formula is C17H12N2S. The van der Waals surface area contributed by atoms with E-state index in [1.165, 1.54) is 10.8 Å². The average Bonchev–Trinajstić information content (AvgIpc) is 2.47. The van der Waals surface area contributed by atoms with Gasteiger partial charge >= 0.3 is 0 Å². The van der Waals surface area contributed by atoms with Crippen molar-refractivity contribution >= 4 is 28.2 Å². The number of nitriles is 1. The number of hydrogen-bond acceptors (Lipinski definition) is 3. The van der Waals surface area contributed by atoms with Crippen LogP contribution in [0, 0.1) is 11.3 Å². The summed E-state index contributed by atoms with van der Waals surface area (Å²) in [7, 11) is 0. The van der Waals surface area contributed by atoms with Crippen LogP contribution in [-0.2, 0) is 0 Å². The molecule has 0 aliphatic heterocycles. The van der Waals surface area contributed by atoms with Crippen LogP contribution in [0.15, 0.2) is 70.5 Å². The molecular weight excluding hydrogens is 264 g/mol. The molecule has 0 bridgehead atoms. The fourth-order valence-electron chi connectivity index (χ4n) is 2.11. The Morgan fingerprint density at radius 1 is 0.900 bits per heavy atom. The topological polar surface area (TPSA) is 49.8 Å². The standard InChI is InChI=1S/C17H12N2S/c18-11-15-16(19)6-3-7-17(15)20-14-9-8-12-4-1-2-5-13(12)10-14/h1-10H,19H2. The summed E-state index contributed by atoms with van der Waals surface area (Å²) in [6.07, 6.45) is 0. The molecule has 2 nitrogen and oxygen atoms in total. The van der Waals surface area contributed by atoms with Gasteiger partial charge in [0.1, 0.15) is 6.07 Å². The summed E-state index contributed by atoms with van der Waals surface area (Å²) >= 11 is 1.57. The molecule has 0 aliphatic rings. The molecule has 0 fully saturated rings. The molecule has 0 saturated carbocycles. The van der Waals surface area contributed by atoms with Crippen molar-refractivity contribution in [2.45, 2.75) is 9.79 Å². The largest absolute Gasteiger partial charge is 0.398 e. The molecule has 0 spiro atoms. The van der Waals surface area contributed by atoms with E-state index < -0.39 is 0 Å². The zero-order chi connectivity index (χ0) is 13.9. The van der Waals surface area contributed by atoms with Gasteiger partial charge in [0.05, 0.1) is 11.3 Å². The van der Waals surface area contributed by atoms with E-state index >= 15 is 0 Å². The number of rotatable bonds is 2. The molecule has 3 rings (SSSR count). The number of hydrogen-bond donors (Lipinski definition) is 1. The van der Waals surface area contributed by atoms with E-state index in [1.807, 2.05) is 24.3 Å². The zero-order valence-electron chi connectivity index (χ0n) is 10.7. The lowest BCUT2D eigenvalue weighted by Gasteiger charge is -2.07. The molecule has 3 heteroatoms. The molecule has 0 radical (unpaired) electrons.